The highest BCUT2D eigenvalue weighted by molar-refractivity contribution is 6.37. The quantitative estimate of drug-likeness (QED) is 0.179. The fourth-order valence-electron chi connectivity index (χ4n) is 4.58. The number of hydrogen-bond donors (Lipinski definition) is 1. The lowest BCUT2D eigenvalue weighted by atomic mass is 10.1. The van der Waals surface area contributed by atoms with Crippen LogP contribution in [0.5, 0.6) is 11.5 Å². The summed E-state index contributed by atoms with van der Waals surface area (Å²) >= 11 is 13.0. The molecule has 9 nitrogen and oxygen atoms in total. The van der Waals surface area contributed by atoms with Crippen LogP contribution in [0.25, 0.3) is 33.5 Å². The number of ether oxygens (including phenoxy) is 2. The van der Waals surface area contributed by atoms with Gasteiger partial charge >= 0.3 is 5.97 Å². The van der Waals surface area contributed by atoms with Gasteiger partial charge in [-0.05, 0) is 65.7 Å². The molecule has 0 bridgehead atoms. The number of nitrogens with zero attached hydrogens (tertiary/aromatic N) is 3. The summed E-state index contributed by atoms with van der Waals surface area (Å²) in [6.45, 7) is 0.0534. The van der Waals surface area contributed by atoms with Crippen LogP contribution in [0.2, 0.25) is 10.0 Å². The standard InChI is InChI=1S/C32H21Cl2N3O6/c1-41-26-10-5-11-27-22(26)15-28(43-27)30-36-25-9-3-2-8-21(25)31(38)37(30)35-16-19-13-23(33)29(24(34)14-19)42-17-18-6-4-7-20(12-18)32(39)40/h2-16H,17H2,1H3,(H,39,40). The Hall–Kier alpha value is -5.12. The Morgan fingerprint density at radius 3 is 2.53 bits per heavy atom. The molecule has 0 radical (unpaired) electrons. The maximum atomic E-state index is 13.6. The minimum atomic E-state index is -1.04. The molecular formula is C32H21Cl2N3O6. The number of methoxy groups -OCH3 is 1. The van der Waals surface area contributed by atoms with Crippen molar-refractivity contribution in [2.45, 2.75) is 6.61 Å². The third-order valence-corrected chi connectivity index (χ3v) is 7.18. The molecule has 0 unspecified atom stereocenters. The van der Waals surface area contributed by atoms with E-state index in [0.29, 0.717) is 39.1 Å². The summed E-state index contributed by atoms with van der Waals surface area (Å²) in [5.74, 6) is 0.324. The van der Waals surface area contributed by atoms with E-state index in [1.54, 1.807) is 67.8 Å². The number of carboxylic acids is 1. The summed E-state index contributed by atoms with van der Waals surface area (Å²) in [6, 6.07) is 23.7. The Morgan fingerprint density at radius 2 is 1.77 bits per heavy atom. The largest absolute Gasteiger partial charge is 0.496 e. The van der Waals surface area contributed by atoms with Crippen LogP contribution in [0.3, 0.4) is 0 Å². The van der Waals surface area contributed by atoms with Crippen molar-refractivity contribution in [2.75, 3.05) is 7.11 Å². The lowest BCUT2D eigenvalue weighted by Crippen LogP contribution is -2.20. The summed E-state index contributed by atoms with van der Waals surface area (Å²) in [4.78, 5) is 29.5. The molecule has 6 aromatic rings. The molecule has 0 fully saturated rings. The predicted octanol–water partition coefficient (Wildman–Crippen LogP) is 7.28. The molecule has 2 aromatic heterocycles. The molecule has 2 heterocycles. The van der Waals surface area contributed by atoms with Crippen molar-refractivity contribution in [3.63, 3.8) is 0 Å². The highest BCUT2D eigenvalue weighted by Gasteiger charge is 2.18. The average Bonchev–Trinajstić information content (AvgIpc) is 3.45. The lowest BCUT2D eigenvalue weighted by Gasteiger charge is -2.11. The van der Waals surface area contributed by atoms with Crippen LogP contribution in [0.4, 0.5) is 0 Å². The minimum Gasteiger partial charge on any atom is -0.496 e. The second kappa shape index (κ2) is 11.6. The summed E-state index contributed by atoms with van der Waals surface area (Å²) in [5.41, 5.74) is 1.93. The van der Waals surface area contributed by atoms with Crippen LogP contribution in [0, 0.1) is 0 Å². The van der Waals surface area contributed by atoms with Crippen LogP contribution < -0.4 is 15.0 Å². The summed E-state index contributed by atoms with van der Waals surface area (Å²) < 4.78 is 18.5. The summed E-state index contributed by atoms with van der Waals surface area (Å²) in [5, 5.41) is 15.2. The number of halogens is 2. The van der Waals surface area contributed by atoms with E-state index in [9.17, 15) is 14.7 Å². The molecule has 0 aliphatic heterocycles. The van der Waals surface area contributed by atoms with Crippen LogP contribution >= 0.6 is 23.2 Å². The van der Waals surface area contributed by atoms with Crippen molar-refractivity contribution >= 4 is 57.3 Å². The van der Waals surface area contributed by atoms with E-state index in [4.69, 9.17) is 42.1 Å². The molecule has 0 saturated heterocycles. The first-order chi connectivity index (χ1) is 20.8. The zero-order valence-electron chi connectivity index (χ0n) is 22.5. The number of furan rings is 1. The number of carboxylic acid groups (broad SMARTS) is 1. The first-order valence-corrected chi connectivity index (χ1v) is 13.6. The molecule has 214 valence electrons. The molecule has 0 atom stereocenters. The molecule has 43 heavy (non-hydrogen) atoms. The number of aromatic nitrogens is 2. The fraction of sp³-hybridized carbons (Fsp3) is 0.0625. The number of rotatable bonds is 8. The van der Waals surface area contributed by atoms with Gasteiger partial charge in [0.15, 0.2) is 11.5 Å². The van der Waals surface area contributed by atoms with Crippen LogP contribution in [-0.2, 0) is 6.61 Å². The highest BCUT2D eigenvalue weighted by atomic mass is 35.5. The van der Waals surface area contributed by atoms with Gasteiger partial charge in [0.05, 0.1) is 45.2 Å². The van der Waals surface area contributed by atoms with Gasteiger partial charge in [-0.15, -0.1) is 0 Å². The van der Waals surface area contributed by atoms with Crippen molar-refractivity contribution in [2.24, 2.45) is 5.10 Å². The van der Waals surface area contributed by atoms with Crippen LogP contribution in [-0.4, -0.2) is 34.1 Å². The Kier molecular flexibility index (Phi) is 7.58. The molecule has 1 N–H and O–H groups in total. The number of aromatic carboxylic acids is 1. The van der Waals surface area contributed by atoms with Crippen molar-refractivity contribution in [1.29, 1.82) is 0 Å². The maximum Gasteiger partial charge on any atom is 0.335 e. The maximum absolute atomic E-state index is 13.6. The van der Waals surface area contributed by atoms with E-state index < -0.39 is 11.5 Å². The number of carbonyl (C=O) groups is 1. The SMILES string of the molecule is COc1cccc2oc(-c3nc4ccccc4c(=O)n3N=Cc3cc(Cl)c(OCc4cccc(C(=O)O)c4)c(Cl)c3)cc12. The van der Waals surface area contributed by atoms with E-state index in [0.717, 1.165) is 10.1 Å². The second-order valence-electron chi connectivity index (χ2n) is 9.40. The second-order valence-corrected chi connectivity index (χ2v) is 10.2. The van der Waals surface area contributed by atoms with E-state index in [1.807, 2.05) is 12.1 Å². The molecule has 6 rings (SSSR count). The normalized spacial score (nSPS) is 11.4. The molecule has 4 aromatic carbocycles. The number of fused-ring (bicyclic) bond motifs is 2. The highest BCUT2D eigenvalue weighted by Crippen LogP contribution is 2.35. The molecule has 11 heteroatoms. The first kappa shape index (κ1) is 28.0. The Morgan fingerprint density at radius 1 is 1.00 bits per heavy atom. The predicted molar refractivity (Wildman–Crippen MR) is 165 cm³/mol. The molecule has 0 saturated carbocycles. The van der Waals surface area contributed by atoms with Crippen LogP contribution in [0.1, 0.15) is 21.5 Å². The lowest BCUT2D eigenvalue weighted by molar-refractivity contribution is 0.0696. The third kappa shape index (κ3) is 5.55. The number of hydrogen-bond acceptors (Lipinski definition) is 7. The van der Waals surface area contributed by atoms with Gasteiger partial charge in [0.1, 0.15) is 17.9 Å². The Balaban J connectivity index is 1.36. The minimum absolute atomic E-state index is 0.0534. The smallest absolute Gasteiger partial charge is 0.335 e. The van der Waals surface area contributed by atoms with Crippen molar-refractivity contribution in [1.82, 2.24) is 9.66 Å². The van der Waals surface area contributed by atoms with E-state index in [-0.39, 0.29) is 33.8 Å². The zero-order chi connectivity index (χ0) is 30.1. The van der Waals surface area contributed by atoms with Crippen molar-refractivity contribution in [3.8, 4) is 23.1 Å². The molecule has 0 spiro atoms. The molecule has 0 aliphatic carbocycles. The Bertz CT molecular complexity index is 2100. The molecular weight excluding hydrogens is 593 g/mol. The summed E-state index contributed by atoms with van der Waals surface area (Å²) in [6.07, 6.45) is 1.43. The monoisotopic (exact) mass is 613 g/mol. The van der Waals surface area contributed by atoms with Gasteiger partial charge in [-0.1, -0.05) is 53.5 Å². The summed E-state index contributed by atoms with van der Waals surface area (Å²) in [7, 11) is 1.57. The molecule has 0 amide bonds. The van der Waals surface area contributed by atoms with Gasteiger partial charge in [-0.3, -0.25) is 4.79 Å². The number of para-hydroxylation sites is 1. The van der Waals surface area contributed by atoms with Gasteiger partial charge in [-0.2, -0.15) is 9.78 Å². The van der Waals surface area contributed by atoms with Crippen molar-refractivity contribution < 1.29 is 23.8 Å². The van der Waals surface area contributed by atoms with Gasteiger partial charge in [0.25, 0.3) is 5.56 Å². The van der Waals surface area contributed by atoms with E-state index >= 15 is 0 Å². The van der Waals surface area contributed by atoms with Gasteiger partial charge in [-0.25, -0.2) is 9.78 Å². The topological polar surface area (TPSA) is 116 Å². The van der Waals surface area contributed by atoms with Gasteiger partial charge < -0.3 is 19.0 Å². The van der Waals surface area contributed by atoms with E-state index in [1.165, 1.54) is 18.3 Å². The van der Waals surface area contributed by atoms with Crippen molar-refractivity contribution in [3.05, 3.63) is 122 Å². The Labute approximate surface area is 254 Å². The molecule has 0 aliphatic rings. The fourth-order valence-corrected chi connectivity index (χ4v) is 5.19. The average molecular weight is 614 g/mol. The van der Waals surface area contributed by atoms with Crippen LogP contribution in [0.15, 0.2) is 99.2 Å². The number of benzene rings is 4. The first-order valence-electron chi connectivity index (χ1n) is 12.9. The zero-order valence-corrected chi connectivity index (χ0v) is 24.0. The van der Waals surface area contributed by atoms with Gasteiger partial charge in [0.2, 0.25) is 5.82 Å². The van der Waals surface area contributed by atoms with E-state index in [2.05, 4.69) is 5.10 Å². The third-order valence-electron chi connectivity index (χ3n) is 6.62. The van der Waals surface area contributed by atoms with Gasteiger partial charge in [0, 0.05) is 0 Å².